The maximum Gasteiger partial charge on any atom is 0.344 e. The topological polar surface area (TPSA) is 115 Å². The smallest absolute Gasteiger partial charge is 0.344 e. The maximum absolute atomic E-state index is 12.0. The predicted molar refractivity (Wildman–Crippen MR) is 133 cm³/mol. The molecule has 2 aromatic carbocycles. The van der Waals surface area contributed by atoms with Crippen molar-refractivity contribution in [2.24, 2.45) is 5.10 Å². The van der Waals surface area contributed by atoms with E-state index < -0.39 is 24.2 Å². The van der Waals surface area contributed by atoms with Crippen LogP contribution in [0.3, 0.4) is 0 Å². The molecule has 0 atom stereocenters. The van der Waals surface area contributed by atoms with Crippen LogP contribution >= 0.6 is 45.8 Å². The van der Waals surface area contributed by atoms with E-state index in [9.17, 15) is 14.4 Å². The zero-order valence-corrected chi connectivity index (χ0v) is 21.3. The number of nitrogens with zero attached hydrogens (tertiary/aromatic N) is 1. The van der Waals surface area contributed by atoms with Gasteiger partial charge in [0.25, 0.3) is 0 Å². The van der Waals surface area contributed by atoms with E-state index >= 15 is 0 Å². The third kappa shape index (κ3) is 8.71. The molecule has 0 aliphatic rings. The average molecular weight is 608 g/mol. The summed E-state index contributed by atoms with van der Waals surface area (Å²) in [5.41, 5.74) is 3.29. The van der Waals surface area contributed by atoms with Gasteiger partial charge in [-0.2, -0.15) is 5.10 Å². The highest BCUT2D eigenvalue weighted by Gasteiger charge is 2.14. The first-order valence-corrected chi connectivity index (χ1v) is 11.3. The summed E-state index contributed by atoms with van der Waals surface area (Å²) < 4.78 is 16.3. The van der Waals surface area contributed by atoms with Crippen LogP contribution in [0, 0.1) is 3.57 Å². The number of carbonyl (C=O) groups is 3. The summed E-state index contributed by atoms with van der Waals surface area (Å²) in [6, 6.07) is 7.92. The molecule has 0 aliphatic carbocycles. The molecular formula is C21H20Cl2IN3O6. The number of halogens is 3. The number of hydrogen-bond acceptors (Lipinski definition) is 7. The van der Waals surface area contributed by atoms with Gasteiger partial charge in [0.15, 0.2) is 18.1 Å². The van der Waals surface area contributed by atoms with E-state index in [1.807, 2.05) is 22.6 Å². The van der Waals surface area contributed by atoms with Gasteiger partial charge in [-0.05, 0) is 65.4 Å². The Morgan fingerprint density at radius 2 is 1.88 bits per heavy atom. The number of rotatable bonds is 10. The monoisotopic (exact) mass is 607 g/mol. The zero-order chi connectivity index (χ0) is 24.4. The van der Waals surface area contributed by atoms with Crippen molar-refractivity contribution in [3.05, 3.63) is 49.5 Å². The summed E-state index contributed by atoms with van der Waals surface area (Å²) in [5.74, 6) is -0.890. The first kappa shape index (κ1) is 26.7. The van der Waals surface area contributed by atoms with Gasteiger partial charge in [0.1, 0.15) is 6.42 Å². The van der Waals surface area contributed by atoms with Crippen molar-refractivity contribution in [3.63, 3.8) is 0 Å². The summed E-state index contributed by atoms with van der Waals surface area (Å²) in [4.78, 5) is 35.5. The molecule has 0 unspecified atom stereocenters. The van der Waals surface area contributed by atoms with E-state index in [1.165, 1.54) is 25.5 Å². The molecule has 0 radical (unpaired) electrons. The van der Waals surface area contributed by atoms with E-state index in [1.54, 1.807) is 25.1 Å². The molecule has 0 saturated heterocycles. The third-order valence-electron chi connectivity index (χ3n) is 3.82. The first-order chi connectivity index (χ1) is 15.7. The van der Waals surface area contributed by atoms with Crippen LogP contribution in [-0.4, -0.2) is 44.3 Å². The summed E-state index contributed by atoms with van der Waals surface area (Å²) in [5, 5.41) is 7.04. The summed E-state index contributed by atoms with van der Waals surface area (Å²) >= 11 is 13.7. The normalized spacial score (nSPS) is 10.6. The Morgan fingerprint density at radius 1 is 1.12 bits per heavy atom. The molecule has 0 spiro atoms. The van der Waals surface area contributed by atoms with Gasteiger partial charge >= 0.3 is 5.97 Å². The van der Waals surface area contributed by atoms with Gasteiger partial charge in [-0.1, -0.05) is 23.2 Å². The lowest BCUT2D eigenvalue weighted by molar-refractivity contribution is -0.145. The number of carbonyl (C=O) groups excluding carboxylic acids is 3. The number of ether oxygens (including phenoxy) is 3. The molecule has 176 valence electrons. The largest absolute Gasteiger partial charge is 0.493 e. The molecule has 12 heteroatoms. The molecule has 0 aliphatic heterocycles. The van der Waals surface area contributed by atoms with Crippen LogP contribution in [0.4, 0.5) is 5.69 Å². The Hall–Kier alpha value is -2.57. The lowest BCUT2D eigenvalue weighted by Crippen LogP contribution is -2.24. The number of esters is 1. The van der Waals surface area contributed by atoms with Crippen LogP contribution in [0.2, 0.25) is 10.0 Å². The SMILES string of the molecule is CCOC(=O)COc1c(I)cc(C=NNC(=O)CC(=O)Nc2ccc(Cl)c(Cl)c2)cc1OC. The fourth-order valence-corrected chi connectivity index (χ4v) is 3.51. The molecule has 0 bridgehead atoms. The van der Waals surface area contributed by atoms with Gasteiger partial charge in [-0.15, -0.1) is 0 Å². The number of hydrazone groups is 1. The minimum atomic E-state index is -0.611. The lowest BCUT2D eigenvalue weighted by Gasteiger charge is -2.13. The Labute approximate surface area is 213 Å². The predicted octanol–water partition coefficient (Wildman–Crippen LogP) is 4.03. The van der Waals surface area contributed by atoms with Crippen molar-refractivity contribution in [1.29, 1.82) is 0 Å². The first-order valence-electron chi connectivity index (χ1n) is 9.46. The number of nitrogens with one attached hydrogen (secondary N) is 2. The highest BCUT2D eigenvalue weighted by atomic mass is 127. The Kier molecular flexibility index (Phi) is 10.7. The van der Waals surface area contributed by atoms with Crippen molar-refractivity contribution >= 4 is 75.5 Å². The quantitative estimate of drug-likeness (QED) is 0.139. The van der Waals surface area contributed by atoms with Gasteiger partial charge in [-0.3, -0.25) is 9.59 Å². The Balaban J connectivity index is 1.93. The second-order valence-electron chi connectivity index (χ2n) is 6.27. The van der Waals surface area contributed by atoms with Crippen LogP contribution < -0.4 is 20.2 Å². The number of methoxy groups -OCH3 is 1. The zero-order valence-electron chi connectivity index (χ0n) is 17.6. The van der Waals surface area contributed by atoms with Crippen molar-refractivity contribution in [3.8, 4) is 11.5 Å². The second-order valence-corrected chi connectivity index (χ2v) is 8.25. The molecule has 2 rings (SSSR count). The number of benzene rings is 2. The van der Waals surface area contributed by atoms with E-state index in [-0.39, 0.29) is 18.2 Å². The minimum absolute atomic E-state index is 0.256. The molecule has 2 N–H and O–H groups in total. The molecule has 0 fully saturated rings. The third-order valence-corrected chi connectivity index (χ3v) is 5.36. The Morgan fingerprint density at radius 3 is 2.55 bits per heavy atom. The highest BCUT2D eigenvalue weighted by molar-refractivity contribution is 14.1. The van der Waals surface area contributed by atoms with Gasteiger partial charge in [0.2, 0.25) is 11.8 Å². The summed E-state index contributed by atoms with van der Waals surface area (Å²) in [6.45, 7) is 1.71. The molecule has 0 saturated carbocycles. The van der Waals surface area contributed by atoms with E-state index in [2.05, 4.69) is 15.8 Å². The molecule has 0 aromatic heterocycles. The molecule has 33 heavy (non-hydrogen) atoms. The van der Waals surface area contributed by atoms with Gasteiger partial charge in [-0.25, -0.2) is 10.2 Å². The van der Waals surface area contributed by atoms with Gasteiger partial charge in [0, 0.05) is 5.69 Å². The van der Waals surface area contributed by atoms with E-state index in [0.29, 0.717) is 31.3 Å². The molecule has 0 heterocycles. The molecular weight excluding hydrogens is 588 g/mol. The van der Waals surface area contributed by atoms with Crippen molar-refractivity contribution in [1.82, 2.24) is 5.43 Å². The van der Waals surface area contributed by atoms with Crippen LogP contribution in [0.1, 0.15) is 18.9 Å². The fraction of sp³-hybridized carbons (Fsp3) is 0.238. The minimum Gasteiger partial charge on any atom is -0.493 e. The van der Waals surface area contributed by atoms with Crippen LogP contribution in [0.5, 0.6) is 11.5 Å². The van der Waals surface area contributed by atoms with Crippen molar-refractivity contribution in [2.45, 2.75) is 13.3 Å². The molecule has 9 nitrogen and oxygen atoms in total. The average Bonchev–Trinajstić information content (AvgIpc) is 2.75. The van der Waals surface area contributed by atoms with E-state index in [4.69, 9.17) is 37.4 Å². The van der Waals surface area contributed by atoms with E-state index in [0.717, 1.165) is 0 Å². The second kappa shape index (κ2) is 13.2. The standard InChI is InChI=1S/C21H20Cl2IN3O6/c1-3-32-20(30)11-33-21-16(24)6-12(7-17(21)31-2)10-25-27-19(29)9-18(28)26-13-4-5-14(22)15(23)8-13/h4-8,10H,3,9,11H2,1-2H3,(H,26,28)(H,27,29). The summed E-state index contributed by atoms with van der Waals surface area (Å²) in [7, 11) is 1.46. The lowest BCUT2D eigenvalue weighted by atomic mass is 10.2. The Bertz CT molecular complexity index is 1060. The number of anilines is 1. The van der Waals surface area contributed by atoms with Crippen LogP contribution in [-0.2, 0) is 19.1 Å². The fourth-order valence-electron chi connectivity index (χ4n) is 2.43. The van der Waals surface area contributed by atoms with Gasteiger partial charge in [0.05, 0.1) is 33.5 Å². The molecule has 2 aromatic rings. The van der Waals surface area contributed by atoms with Crippen LogP contribution in [0.25, 0.3) is 0 Å². The van der Waals surface area contributed by atoms with Crippen LogP contribution in [0.15, 0.2) is 35.4 Å². The van der Waals surface area contributed by atoms with Crippen molar-refractivity contribution in [2.75, 3.05) is 25.6 Å². The highest BCUT2D eigenvalue weighted by Crippen LogP contribution is 2.33. The molecule has 2 amide bonds. The number of hydrogen-bond donors (Lipinski definition) is 2. The van der Waals surface area contributed by atoms with Crippen molar-refractivity contribution < 1.29 is 28.6 Å². The van der Waals surface area contributed by atoms with Gasteiger partial charge < -0.3 is 19.5 Å². The number of amides is 2. The summed E-state index contributed by atoms with van der Waals surface area (Å²) in [6.07, 6.45) is 0.938. The maximum atomic E-state index is 12.0.